The van der Waals surface area contributed by atoms with Gasteiger partial charge in [-0.15, -0.1) is 0 Å². The standard InChI is InChI=1S/C13H15NO3/c1-13(2)16-9-11(17-13)8-14-12(15)10-6-4-3-5-7-10/h3-7,9H,8H2,1-2H3,(H,14,15). The number of carbonyl (C=O) groups is 1. The van der Waals surface area contributed by atoms with Gasteiger partial charge in [-0.1, -0.05) is 18.2 Å². The Bertz CT molecular complexity index is 437. The van der Waals surface area contributed by atoms with Crippen molar-refractivity contribution in [2.24, 2.45) is 0 Å². The van der Waals surface area contributed by atoms with Gasteiger partial charge in [0, 0.05) is 19.4 Å². The summed E-state index contributed by atoms with van der Waals surface area (Å²) in [6.07, 6.45) is 1.53. The maximum absolute atomic E-state index is 11.7. The van der Waals surface area contributed by atoms with E-state index in [1.807, 2.05) is 32.0 Å². The molecule has 1 N–H and O–H groups in total. The van der Waals surface area contributed by atoms with E-state index in [-0.39, 0.29) is 5.91 Å². The van der Waals surface area contributed by atoms with Crippen molar-refractivity contribution in [2.75, 3.05) is 6.54 Å². The van der Waals surface area contributed by atoms with E-state index < -0.39 is 5.79 Å². The summed E-state index contributed by atoms with van der Waals surface area (Å²) in [5.74, 6) is -0.133. The lowest BCUT2D eigenvalue weighted by Crippen LogP contribution is -2.27. The Balaban J connectivity index is 1.86. The van der Waals surface area contributed by atoms with Gasteiger partial charge in [0.15, 0.2) is 5.76 Å². The molecule has 1 aliphatic rings. The van der Waals surface area contributed by atoms with E-state index >= 15 is 0 Å². The van der Waals surface area contributed by atoms with Gasteiger partial charge in [0.05, 0.1) is 6.54 Å². The monoisotopic (exact) mass is 233 g/mol. The summed E-state index contributed by atoms with van der Waals surface area (Å²) in [7, 11) is 0. The Labute approximate surface area is 100 Å². The van der Waals surface area contributed by atoms with Crippen molar-refractivity contribution in [2.45, 2.75) is 19.6 Å². The molecule has 0 saturated carbocycles. The van der Waals surface area contributed by atoms with E-state index in [1.165, 1.54) is 6.26 Å². The third-order valence-corrected chi connectivity index (χ3v) is 2.31. The van der Waals surface area contributed by atoms with E-state index in [4.69, 9.17) is 9.47 Å². The first-order valence-electron chi connectivity index (χ1n) is 5.46. The van der Waals surface area contributed by atoms with Crippen molar-refractivity contribution in [1.29, 1.82) is 0 Å². The highest BCUT2D eigenvalue weighted by Gasteiger charge is 2.27. The quantitative estimate of drug-likeness (QED) is 0.869. The molecular formula is C13H15NO3. The van der Waals surface area contributed by atoms with Crippen LogP contribution < -0.4 is 5.32 Å². The second-order valence-electron chi connectivity index (χ2n) is 4.25. The summed E-state index contributed by atoms with van der Waals surface area (Å²) in [6, 6.07) is 9.05. The predicted molar refractivity (Wildman–Crippen MR) is 63.1 cm³/mol. The number of nitrogens with one attached hydrogen (secondary N) is 1. The van der Waals surface area contributed by atoms with E-state index in [1.54, 1.807) is 12.1 Å². The molecule has 1 heterocycles. The van der Waals surface area contributed by atoms with Gasteiger partial charge < -0.3 is 14.8 Å². The molecule has 0 aromatic heterocycles. The number of ether oxygens (including phenoxy) is 2. The van der Waals surface area contributed by atoms with Crippen molar-refractivity contribution in [1.82, 2.24) is 5.32 Å². The maximum atomic E-state index is 11.7. The van der Waals surface area contributed by atoms with Crippen LogP contribution in [0.5, 0.6) is 0 Å². The Morgan fingerprint density at radius 2 is 2.00 bits per heavy atom. The molecule has 0 fully saturated rings. The van der Waals surface area contributed by atoms with Crippen LogP contribution in [0.15, 0.2) is 42.4 Å². The molecule has 0 aliphatic carbocycles. The van der Waals surface area contributed by atoms with Crippen molar-refractivity contribution < 1.29 is 14.3 Å². The highest BCUT2D eigenvalue weighted by atomic mass is 16.7. The van der Waals surface area contributed by atoms with Gasteiger partial charge in [0.2, 0.25) is 5.79 Å². The lowest BCUT2D eigenvalue weighted by molar-refractivity contribution is -0.116. The molecule has 2 rings (SSSR count). The van der Waals surface area contributed by atoms with Gasteiger partial charge in [0.1, 0.15) is 6.26 Å². The molecular weight excluding hydrogens is 218 g/mol. The van der Waals surface area contributed by atoms with Gasteiger partial charge in [0.25, 0.3) is 5.91 Å². The molecule has 4 nitrogen and oxygen atoms in total. The molecule has 1 aromatic rings. The lowest BCUT2D eigenvalue weighted by Gasteiger charge is -2.18. The zero-order valence-corrected chi connectivity index (χ0v) is 9.90. The molecule has 0 spiro atoms. The molecule has 0 radical (unpaired) electrons. The van der Waals surface area contributed by atoms with Crippen LogP contribution >= 0.6 is 0 Å². The summed E-state index contributed by atoms with van der Waals surface area (Å²) >= 11 is 0. The largest absolute Gasteiger partial charge is 0.457 e. The highest BCUT2D eigenvalue weighted by molar-refractivity contribution is 5.94. The Morgan fingerprint density at radius 3 is 2.59 bits per heavy atom. The first-order valence-corrected chi connectivity index (χ1v) is 5.46. The molecule has 17 heavy (non-hydrogen) atoms. The van der Waals surface area contributed by atoms with Crippen LogP contribution in [0.3, 0.4) is 0 Å². The minimum atomic E-state index is -0.632. The molecule has 0 saturated heterocycles. The van der Waals surface area contributed by atoms with Crippen molar-refractivity contribution in [3.63, 3.8) is 0 Å². The lowest BCUT2D eigenvalue weighted by atomic mass is 10.2. The SMILES string of the molecule is CC1(C)OC=C(CNC(=O)c2ccccc2)O1. The van der Waals surface area contributed by atoms with Crippen molar-refractivity contribution >= 4 is 5.91 Å². The van der Waals surface area contributed by atoms with Gasteiger partial charge in [-0.3, -0.25) is 4.79 Å². The molecule has 0 bridgehead atoms. The second-order valence-corrected chi connectivity index (χ2v) is 4.25. The van der Waals surface area contributed by atoms with Crippen LogP contribution in [0.25, 0.3) is 0 Å². The van der Waals surface area contributed by atoms with E-state index in [2.05, 4.69) is 5.32 Å². The van der Waals surface area contributed by atoms with E-state index in [9.17, 15) is 4.79 Å². The van der Waals surface area contributed by atoms with Crippen molar-refractivity contribution in [3.05, 3.63) is 47.9 Å². The number of hydrogen-bond acceptors (Lipinski definition) is 3. The molecule has 0 unspecified atom stereocenters. The number of amides is 1. The Morgan fingerprint density at radius 1 is 1.29 bits per heavy atom. The van der Waals surface area contributed by atoms with Crippen LogP contribution in [-0.2, 0) is 9.47 Å². The first kappa shape index (κ1) is 11.5. The number of carbonyl (C=O) groups excluding carboxylic acids is 1. The fourth-order valence-corrected chi connectivity index (χ4v) is 1.51. The van der Waals surface area contributed by atoms with Gasteiger partial charge in [-0.25, -0.2) is 0 Å². The van der Waals surface area contributed by atoms with Crippen LogP contribution in [0, 0.1) is 0 Å². The fourth-order valence-electron chi connectivity index (χ4n) is 1.51. The summed E-state index contributed by atoms with van der Waals surface area (Å²) < 4.78 is 10.7. The van der Waals surface area contributed by atoms with Gasteiger partial charge in [-0.2, -0.15) is 0 Å². The van der Waals surface area contributed by atoms with Crippen LogP contribution in [0.2, 0.25) is 0 Å². The predicted octanol–water partition coefficient (Wildman–Crippen LogP) is 2.04. The average molecular weight is 233 g/mol. The molecule has 90 valence electrons. The summed E-state index contributed by atoms with van der Waals surface area (Å²) in [5, 5.41) is 2.77. The fraction of sp³-hybridized carbons (Fsp3) is 0.308. The molecule has 4 heteroatoms. The smallest absolute Gasteiger partial charge is 0.251 e. The van der Waals surface area contributed by atoms with Gasteiger partial charge >= 0.3 is 0 Å². The third-order valence-electron chi connectivity index (χ3n) is 2.31. The second kappa shape index (κ2) is 4.49. The number of rotatable bonds is 3. The zero-order chi connectivity index (χ0) is 12.3. The average Bonchev–Trinajstić information content (AvgIpc) is 2.67. The van der Waals surface area contributed by atoms with Crippen LogP contribution in [0.4, 0.5) is 0 Å². The van der Waals surface area contributed by atoms with Crippen LogP contribution in [-0.4, -0.2) is 18.2 Å². The maximum Gasteiger partial charge on any atom is 0.251 e. The highest BCUT2D eigenvalue weighted by Crippen LogP contribution is 2.23. The zero-order valence-electron chi connectivity index (χ0n) is 9.90. The van der Waals surface area contributed by atoms with E-state index in [0.29, 0.717) is 17.9 Å². The summed E-state index contributed by atoms with van der Waals surface area (Å²) in [4.78, 5) is 11.7. The molecule has 0 atom stereocenters. The summed E-state index contributed by atoms with van der Waals surface area (Å²) in [5.41, 5.74) is 0.631. The first-order chi connectivity index (χ1) is 8.07. The normalized spacial score (nSPS) is 16.7. The number of benzene rings is 1. The van der Waals surface area contributed by atoms with Crippen molar-refractivity contribution in [3.8, 4) is 0 Å². The van der Waals surface area contributed by atoms with E-state index in [0.717, 1.165) is 0 Å². The summed E-state index contributed by atoms with van der Waals surface area (Å²) in [6.45, 7) is 3.96. The minimum absolute atomic E-state index is 0.125. The minimum Gasteiger partial charge on any atom is -0.457 e. The molecule has 1 amide bonds. The number of hydrogen-bond donors (Lipinski definition) is 1. The molecule has 1 aliphatic heterocycles. The topological polar surface area (TPSA) is 47.6 Å². The Hall–Kier alpha value is -1.97. The Kier molecular flexibility index (Phi) is 3.04. The molecule has 1 aromatic carbocycles. The van der Waals surface area contributed by atoms with Crippen LogP contribution in [0.1, 0.15) is 24.2 Å². The van der Waals surface area contributed by atoms with Gasteiger partial charge in [-0.05, 0) is 12.1 Å². The third kappa shape index (κ3) is 3.00.